The van der Waals surface area contributed by atoms with Crippen molar-refractivity contribution in [1.82, 2.24) is 0 Å². The van der Waals surface area contributed by atoms with E-state index >= 15 is 0 Å². The summed E-state index contributed by atoms with van der Waals surface area (Å²) in [7, 11) is 1.45. The number of methoxy groups -OCH3 is 1. The van der Waals surface area contributed by atoms with Crippen LogP contribution in [0.5, 0.6) is 5.75 Å². The highest BCUT2D eigenvalue weighted by Crippen LogP contribution is 2.26. The standard InChI is InChI=1S/C17H16F3NO3/c1-23-14-9-7-13(8-10-14)21-15(17(18,19)20)16(22)24-11-12-5-3-2-4-6-12/h2-10,15,21H,11H2,1H3/t15-/m1/s1. The molecule has 4 nitrogen and oxygen atoms in total. The van der Waals surface area contributed by atoms with Crippen molar-refractivity contribution in [3.63, 3.8) is 0 Å². The fourth-order valence-corrected chi connectivity index (χ4v) is 1.94. The van der Waals surface area contributed by atoms with Crippen molar-refractivity contribution in [2.45, 2.75) is 18.8 Å². The second kappa shape index (κ2) is 7.72. The molecule has 1 atom stereocenters. The monoisotopic (exact) mass is 339 g/mol. The third-order valence-corrected chi connectivity index (χ3v) is 3.19. The van der Waals surface area contributed by atoms with E-state index in [1.807, 2.05) is 0 Å². The molecule has 0 radical (unpaired) electrons. The third kappa shape index (κ3) is 4.91. The first-order chi connectivity index (χ1) is 11.4. The Hall–Kier alpha value is -2.70. The van der Waals surface area contributed by atoms with Crippen LogP contribution in [0.25, 0.3) is 0 Å². The molecule has 1 N–H and O–H groups in total. The predicted molar refractivity (Wildman–Crippen MR) is 82.7 cm³/mol. The lowest BCUT2D eigenvalue weighted by Crippen LogP contribution is -2.44. The second-order valence-corrected chi connectivity index (χ2v) is 4.94. The van der Waals surface area contributed by atoms with E-state index in [-0.39, 0.29) is 12.3 Å². The average Bonchev–Trinajstić information content (AvgIpc) is 2.58. The number of anilines is 1. The zero-order chi connectivity index (χ0) is 17.6. The van der Waals surface area contributed by atoms with Crippen LogP contribution in [-0.2, 0) is 16.1 Å². The van der Waals surface area contributed by atoms with Crippen molar-refractivity contribution in [1.29, 1.82) is 0 Å². The minimum atomic E-state index is -4.78. The lowest BCUT2D eigenvalue weighted by Gasteiger charge is -2.21. The van der Waals surface area contributed by atoms with Crippen molar-refractivity contribution in [2.24, 2.45) is 0 Å². The summed E-state index contributed by atoms with van der Waals surface area (Å²) in [5.74, 6) is -0.891. The van der Waals surface area contributed by atoms with Gasteiger partial charge in [0.1, 0.15) is 12.4 Å². The Morgan fingerprint density at radius 3 is 2.25 bits per heavy atom. The van der Waals surface area contributed by atoms with Gasteiger partial charge in [-0.2, -0.15) is 13.2 Å². The van der Waals surface area contributed by atoms with Gasteiger partial charge in [0.05, 0.1) is 7.11 Å². The molecule has 0 fully saturated rings. The highest BCUT2D eigenvalue weighted by Gasteiger charge is 2.46. The highest BCUT2D eigenvalue weighted by atomic mass is 19.4. The number of hydrogen-bond donors (Lipinski definition) is 1. The fraction of sp³-hybridized carbons (Fsp3) is 0.235. The Morgan fingerprint density at radius 1 is 1.08 bits per heavy atom. The van der Waals surface area contributed by atoms with Gasteiger partial charge in [-0.3, -0.25) is 0 Å². The number of ether oxygens (including phenoxy) is 2. The van der Waals surface area contributed by atoms with E-state index in [4.69, 9.17) is 9.47 Å². The molecule has 0 spiro atoms. The number of esters is 1. The largest absolute Gasteiger partial charge is 0.497 e. The van der Waals surface area contributed by atoms with Gasteiger partial charge in [0.2, 0.25) is 6.04 Å². The quantitative estimate of drug-likeness (QED) is 0.814. The first-order valence-corrected chi connectivity index (χ1v) is 7.08. The normalized spacial score (nSPS) is 12.3. The van der Waals surface area contributed by atoms with Crippen LogP contribution in [0.15, 0.2) is 54.6 Å². The van der Waals surface area contributed by atoms with E-state index in [2.05, 4.69) is 5.32 Å². The molecular weight excluding hydrogens is 323 g/mol. The Kier molecular flexibility index (Phi) is 5.68. The summed E-state index contributed by atoms with van der Waals surface area (Å²) in [5.41, 5.74) is 0.742. The molecule has 0 amide bonds. The summed E-state index contributed by atoms with van der Waals surface area (Å²) < 4.78 is 49.1. The maximum absolute atomic E-state index is 13.1. The van der Waals surface area contributed by atoms with Gasteiger partial charge in [0, 0.05) is 5.69 Å². The van der Waals surface area contributed by atoms with Gasteiger partial charge >= 0.3 is 12.1 Å². The molecular formula is C17H16F3NO3. The van der Waals surface area contributed by atoms with Gasteiger partial charge in [0.25, 0.3) is 0 Å². The first kappa shape index (κ1) is 17.7. The number of hydrogen-bond acceptors (Lipinski definition) is 4. The predicted octanol–water partition coefficient (Wildman–Crippen LogP) is 3.78. The topological polar surface area (TPSA) is 47.6 Å². The Balaban J connectivity index is 2.05. The van der Waals surface area contributed by atoms with Gasteiger partial charge < -0.3 is 14.8 Å². The van der Waals surface area contributed by atoms with Gasteiger partial charge in [-0.1, -0.05) is 30.3 Å². The summed E-state index contributed by atoms with van der Waals surface area (Å²) >= 11 is 0. The van der Waals surface area contributed by atoms with E-state index in [9.17, 15) is 18.0 Å². The number of benzene rings is 2. The number of halogens is 3. The molecule has 7 heteroatoms. The van der Waals surface area contributed by atoms with E-state index in [1.165, 1.54) is 31.4 Å². The lowest BCUT2D eigenvalue weighted by molar-refractivity contribution is -0.177. The van der Waals surface area contributed by atoms with Crippen molar-refractivity contribution < 1.29 is 27.4 Å². The Labute approximate surface area is 137 Å². The van der Waals surface area contributed by atoms with Crippen LogP contribution in [0.3, 0.4) is 0 Å². The lowest BCUT2D eigenvalue weighted by atomic mass is 10.2. The molecule has 24 heavy (non-hydrogen) atoms. The van der Waals surface area contributed by atoms with Gasteiger partial charge in [-0.05, 0) is 29.8 Å². The molecule has 0 aliphatic heterocycles. The number of alkyl halides is 3. The van der Waals surface area contributed by atoms with E-state index in [0.29, 0.717) is 11.3 Å². The summed E-state index contributed by atoms with van der Waals surface area (Å²) in [4.78, 5) is 11.9. The second-order valence-electron chi connectivity index (χ2n) is 4.94. The molecule has 2 aromatic rings. The maximum atomic E-state index is 13.1. The van der Waals surface area contributed by atoms with Gasteiger partial charge in [-0.15, -0.1) is 0 Å². The summed E-state index contributed by atoms with van der Waals surface area (Å²) in [6.07, 6.45) is -4.78. The molecule has 0 saturated heterocycles. The zero-order valence-electron chi connectivity index (χ0n) is 12.8. The Morgan fingerprint density at radius 2 is 1.71 bits per heavy atom. The number of carbonyl (C=O) groups excluding carboxylic acids is 1. The van der Waals surface area contributed by atoms with Gasteiger partial charge in [0.15, 0.2) is 0 Å². The maximum Gasteiger partial charge on any atom is 0.419 e. The molecule has 128 valence electrons. The van der Waals surface area contributed by atoms with Crippen LogP contribution < -0.4 is 10.1 Å². The van der Waals surface area contributed by atoms with Crippen LogP contribution in [0.1, 0.15) is 5.56 Å². The molecule has 0 aliphatic carbocycles. The molecule has 2 aromatic carbocycles. The summed E-state index contributed by atoms with van der Waals surface area (Å²) in [6, 6.07) is 11.8. The van der Waals surface area contributed by atoms with E-state index in [1.54, 1.807) is 30.3 Å². The first-order valence-electron chi connectivity index (χ1n) is 7.08. The Bertz CT molecular complexity index is 657. The number of carbonyl (C=O) groups is 1. The molecule has 0 saturated carbocycles. The molecule has 0 bridgehead atoms. The van der Waals surface area contributed by atoms with Crippen LogP contribution in [0, 0.1) is 0 Å². The van der Waals surface area contributed by atoms with E-state index < -0.39 is 18.2 Å². The van der Waals surface area contributed by atoms with Crippen LogP contribution in [0.4, 0.5) is 18.9 Å². The molecule has 0 aromatic heterocycles. The van der Waals surface area contributed by atoms with Crippen molar-refractivity contribution in [3.8, 4) is 5.75 Å². The number of rotatable bonds is 6. The van der Waals surface area contributed by atoms with Crippen molar-refractivity contribution >= 4 is 11.7 Å². The zero-order valence-corrected chi connectivity index (χ0v) is 12.8. The van der Waals surface area contributed by atoms with Crippen LogP contribution in [-0.4, -0.2) is 25.3 Å². The summed E-state index contributed by atoms with van der Waals surface area (Å²) in [5, 5.41) is 2.15. The van der Waals surface area contributed by atoms with Gasteiger partial charge in [-0.25, -0.2) is 4.79 Å². The molecule has 0 unspecified atom stereocenters. The summed E-state index contributed by atoms with van der Waals surface area (Å²) in [6.45, 7) is -0.226. The molecule has 0 aliphatic rings. The molecule has 2 rings (SSSR count). The third-order valence-electron chi connectivity index (χ3n) is 3.19. The highest BCUT2D eigenvalue weighted by molar-refractivity contribution is 5.80. The minimum Gasteiger partial charge on any atom is -0.497 e. The number of nitrogens with one attached hydrogen (secondary N) is 1. The van der Waals surface area contributed by atoms with Crippen molar-refractivity contribution in [3.05, 3.63) is 60.2 Å². The SMILES string of the molecule is COc1ccc(N[C@H](C(=O)OCc2ccccc2)C(F)(F)F)cc1. The van der Waals surface area contributed by atoms with Crippen molar-refractivity contribution in [2.75, 3.05) is 12.4 Å². The smallest absolute Gasteiger partial charge is 0.419 e. The van der Waals surface area contributed by atoms with Crippen LogP contribution >= 0.6 is 0 Å². The average molecular weight is 339 g/mol. The van der Waals surface area contributed by atoms with E-state index in [0.717, 1.165) is 0 Å². The molecule has 0 heterocycles. The van der Waals surface area contributed by atoms with Crippen LogP contribution in [0.2, 0.25) is 0 Å². The minimum absolute atomic E-state index is 0.134. The fourth-order valence-electron chi connectivity index (χ4n) is 1.94.